The van der Waals surface area contributed by atoms with Gasteiger partial charge < -0.3 is 20.2 Å². The van der Waals surface area contributed by atoms with Crippen LogP contribution in [0.25, 0.3) is 0 Å². The quantitative estimate of drug-likeness (QED) is 0.676. The average Bonchev–Trinajstić information content (AvgIpc) is 3.36. The van der Waals surface area contributed by atoms with Gasteiger partial charge in [0.2, 0.25) is 5.91 Å². The fourth-order valence-electron chi connectivity index (χ4n) is 3.45. The van der Waals surface area contributed by atoms with E-state index in [1.54, 1.807) is 6.92 Å². The maximum Gasteiger partial charge on any atom is 0.339 e. The lowest BCUT2D eigenvalue weighted by Gasteiger charge is -2.11. The van der Waals surface area contributed by atoms with Crippen molar-refractivity contribution in [2.75, 3.05) is 5.32 Å². The molecule has 1 aromatic heterocycles. The van der Waals surface area contributed by atoms with Crippen molar-refractivity contribution in [2.45, 2.75) is 45.6 Å². The van der Waals surface area contributed by atoms with Crippen LogP contribution >= 0.6 is 0 Å². The molecule has 1 heterocycles. The first-order valence-corrected chi connectivity index (χ1v) is 9.52. The molecule has 3 rings (SSSR count). The Bertz CT molecular complexity index is 881. The molecule has 0 atom stereocenters. The van der Waals surface area contributed by atoms with Gasteiger partial charge in [0, 0.05) is 30.6 Å². The van der Waals surface area contributed by atoms with Crippen LogP contribution in [0.4, 0.5) is 5.69 Å². The molecule has 2 aromatic rings. The number of amides is 2. The predicted octanol–water partition coefficient (Wildman–Crippen LogP) is 3.60. The van der Waals surface area contributed by atoms with Crippen LogP contribution in [0.1, 0.15) is 64.8 Å². The Hall–Kier alpha value is -3.09. The Morgan fingerprint density at radius 1 is 1.18 bits per heavy atom. The van der Waals surface area contributed by atoms with Gasteiger partial charge in [-0.05, 0) is 30.5 Å². The molecule has 1 aromatic carbocycles. The zero-order chi connectivity index (χ0) is 20.1. The first kappa shape index (κ1) is 19.7. The Balaban J connectivity index is 1.60. The number of hydrogen-bond donors (Lipinski definition) is 3. The van der Waals surface area contributed by atoms with Crippen molar-refractivity contribution in [3.8, 4) is 0 Å². The topological polar surface area (TPSA) is 109 Å². The average molecular weight is 384 g/mol. The summed E-state index contributed by atoms with van der Waals surface area (Å²) in [7, 11) is 0. The van der Waals surface area contributed by atoms with E-state index in [1.165, 1.54) is 6.07 Å². The highest BCUT2D eigenvalue weighted by Crippen LogP contribution is 2.26. The van der Waals surface area contributed by atoms with Gasteiger partial charge in [0.05, 0.1) is 0 Å². The molecule has 1 fully saturated rings. The van der Waals surface area contributed by atoms with Crippen molar-refractivity contribution in [1.82, 2.24) is 5.32 Å². The Morgan fingerprint density at radius 3 is 2.57 bits per heavy atom. The lowest BCUT2D eigenvalue weighted by Crippen LogP contribution is -2.23. The van der Waals surface area contributed by atoms with E-state index < -0.39 is 11.9 Å². The van der Waals surface area contributed by atoms with Gasteiger partial charge in [-0.15, -0.1) is 0 Å². The number of aromatic carboxylic acids is 1. The van der Waals surface area contributed by atoms with Gasteiger partial charge in [0.25, 0.3) is 5.91 Å². The van der Waals surface area contributed by atoms with Gasteiger partial charge in [0.15, 0.2) is 5.76 Å². The number of carbonyl (C=O) groups is 3. The Labute approximate surface area is 163 Å². The summed E-state index contributed by atoms with van der Waals surface area (Å²) in [5.41, 5.74) is 1.52. The highest BCUT2D eigenvalue weighted by Gasteiger charge is 2.23. The normalized spacial score (nSPS) is 14.0. The fraction of sp³-hybridized carbons (Fsp3) is 0.381. The standard InChI is InChI=1S/C21H24N2O5/c1-2-17-16(21(26)27)11-18(28-17)20(25)22-12-13-6-5-9-15(10-13)23-19(24)14-7-3-4-8-14/h5-6,9-11,14H,2-4,7-8,12H2,1H3,(H,22,25)(H,23,24)(H,26,27). The summed E-state index contributed by atoms with van der Waals surface area (Å²) in [5, 5.41) is 14.8. The van der Waals surface area contributed by atoms with Crippen LogP contribution in [0, 0.1) is 5.92 Å². The highest BCUT2D eigenvalue weighted by molar-refractivity contribution is 5.96. The second kappa shape index (κ2) is 8.73. The van der Waals surface area contributed by atoms with E-state index in [9.17, 15) is 14.4 Å². The smallest absolute Gasteiger partial charge is 0.339 e. The number of furan rings is 1. The molecular weight excluding hydrogens is 360 g/mol. The molecule has 0 bridgehead atoms. The molecule has 148 valence electrons. The number of rotatable bonds is 7. The number of carboxylic acids is 1. The molecule has 7 nitrogen and oxygen atoms in total. The largest absolute Gasteiger partial charge is 0.478 e. The molecule has 0 saturated heterocycles. The number of anilines is 1. The summed E-state index contributed by atoms with van der Waals surface area (Å²) in [4.78, 5) is 35.7. The molecule has 0 aliphatic heterocycles. The van der Waals surface area contributed by atoms with Crippen molar-refractivity contribution in [2.24, 2.45) is 5.92 Å². The van der Waals surface area contributed by atoms with Crippen LogP contribution in [0.5, 0.6) is 0 Å². The van der Waals surface area contributed by atoms with Crippen LogP contribution < -0.4 is 10.6 Å². The Morgan fingerprint density at radius 2 is 1.93 bits per heavy atom. The van der Waals surface area contributed by atoms with E-state index in [0.29, 0.717) is 12.1 Å². The maximum absolute atomic E-state index is 12.3. The first-order valence-electron chi connectivity index (χ1n) is 9.52. The summed E-state index contributed by atoms with van der Waals surface area (Å²) in [6.07, 6.45) is 4.45. The highest BCUT2D eigenvalue weighted by atomic mass is 16.4. The summed E-state index contributed by atoms with van der Waals surface area (Å²) >= 11 is 0. The minimum atomic E-state index is -1.12. The summed E-state index contributed by atoms with van der Waals surface area (Å²) < 4.78 is 5.36. The van der Waals surface area contributed by atoms with Crippen molar-refractivity contribution in [3.63, 3.8) is 0 Å². The van der Waals surface area contributed by atoms with Crippen molar-refractivity contribution in [3.05, 3.63) is 53.0 Å². The third kappa shape index (κ3) is 4.60. The van der Waals surface area contributed by atoms with Gasteiger partial charge in [-0.25, -0.2) is 4.79 Å². The van der Waals surface area contributed by atoms with Crippen LogP contribution in [0.15, 0.2) is 34.7 Å². The maximum atomic E-state index is 12.3. The van der Waals surface area contributed by atoms with E-state index in [0.717, 1.165) is 31.2 Å². The van der Waals surface area contributed by atoms with E-state index in [1.807, 2.05) is 24.3 Å². The molecule has 2 amide bonds. The number of carboxylic acid groups (broad SMARTS) is 1. The predicted molar refractivity (Wildman–Crippen MR) is 103 cm³/mol. The van der Waals surface area contributed by atoms with E-state index in [2.05, 4.69) is 10.6 Å². The molecule has 28 heavy (non-hydrogen) atoms. The number of hydrogen-bond acceptors (Lipinski definition) is 4. The van der Waals surface area contributed by atoms with E-state index in [-0.39, 0.29) is 35.5 Å². The third-order valence-corrected chi connectivity index (χ3v) is 4.96. The number of aryl methyl sites for hydroxylation is 1. The van der Waals surface area contributed by atoms with Gasteiger partial charge in [-0.2, -0.15) is 0 Å². The monoisotopic (exact) mass is 384 g/mol. The zero-order valence-electron chi connectivity index (χ0n) is 15.8. The minimum absolute atomic E-state index is 0.00396. The van der Waals surface area contributed by atoms with Crippen LogP contribution in [-0.4, -0.2) is 22.9 Å². The SMILES string of the molecule is CCc1oc(C(=O)NCc2cccc(NC(=O)C3CCCC3)c2)cc1C(=O)O. The minimum Gasteiger partial charge on any atom is -0.478 e. The molecule has 7 heteroatoms. The second-order valence-electron chi connectivity index (χ2n) is 6.96. The summed E-state index contributed by atoms with van der Waals surface area (Å²) in [5.74, 6) is -1.23. The number of nitrogens with one attached hydrogen (secondary N) is 2. The van der Waals surface area contributed by atoms with Crippen LogP contribution in [-0.2, 0) is 17.8 Å². The van der Waals surface area contributed by atoms with Crippen molar-refractivity contribution >= 4 is 23.5 Å². The molecule has 0 radical (unpaired) electrons. The molecule has 1 aliphatic rings. The number of carbonyl (C=O) groups excluding carboxylic acids is 2. The third-order valence-electron chi connectivity index (χ3n) is 4.96. The fourth-order valence-corrected chi connectivity index (χ4v) is 3.45. The van der Waals surface area contributed by atoms with Gasteiger partial charge >= 0.3 is 5.97 Å². The lowest BCUT2D eigenvalue weighted by molar-refractivity contribution is -0.119. The van der Waals surface area contributed by atoms with Crippen LogP contribution in [0.2, 0.25) is 0 Å². The van der Waals surface area contributed by atoms with Crippen molar-refractivity contribution < 1.29 is 23.9 Å². The van der Waals surface area contributed by atoms with Crippen molar-refractivity contribution in [1.29, 1.82) is 0 Å². The second-order valence-corrected chi connectivity index (χ2v) is 6.96. The molecule has 1 aliphatic carbocycles. The lowest BCUT2D eigenvalue weighted by atomic mass is 10.1. The molecule has 3 N–H and O–H groups in total. The van der Waals surface area contributed by atoms with Crippen LogP contribution in [0.3, 0.4) is 0 Å². The summed E-state index contributed by atoms with van der Waals surface area (Å²) in [6, 6.07) is 8.53. The molecule has 0 spiro atoms. The number of benzene rings is 1. The first-order chi connectivity index (χ1) is 13.5. The van der Waals surface area contributed by atoms with Gasteiger partial charge in [0.1, 0.15) is 11.3 Å². The Kier molecular flexibility index (Phi) is 6.13. The van der Waals surface area contributed by atoms with E-state index in [4.69, 9.17) is 9.52 Å². The van der Waals surface area contributed by atoms with Gasteiger partial charge in [-0.3, -0.25) is 9.59 Å². The molecule has 0 unspecified atom stereocenters. The summed E-state index contributed by atoms with van der Waals surface area (Å²) in [6.45, 7) is 1.99. The van der Waals surface area contributed by atoms with E-state index >= 15 is 0 Å². The molecular formula is C21H24N2O5. The molecule has 1 saturated carbocycles. The zero-order valence-corrected chi connectivity index (χ0v) is 15.8. The van der Waals surface area contributed by atoms with Gasteiger partial charge in [-0.1, -0.05) is 31.9 Å².